The molecule has 0 unspecified atom stereocenters. The zero-order chi connectivity index (χ0) is 20.1. The zero-order valence-corrected chi connectivity index (χ0v) is 16.4. The maximum atomic E-state index is 12.5. The third-order valence-electron chi connectivity index (χ3n) is 4.49. The molecule has 0 aliphatic carbocycles. The molecule has 0 amide bonds. The number of hydrogen-bond acceptors (Lipinski definition) is 6. The van der Waals surface area contributed by atoms with Crippen molar-refractivity contribution in [2.45, 2.75) is 12.8 Å². The van der Waals surface area contributed by atoms with E-state index in [9.17, 15) is 9.59 Å². The number of benzene rings is 1. The van der Waals surface area contributed by atoms with Gasteiger partial charge in [-0.2, -0.15) is 0 Å². The van der Waals surface area contributed by atoms with Gasteiger partial charge in [-0.15, -0.1) is 0 Å². The summed E-state index contributed by atoms with van der Waals surface area (Å²) in [6.07, 6.45) is 7.95. The number of allylic oxidation sites excluding steroid dienone is 1. The second-order valence-electron chi connectivity index (χ2n) is 6.96. The Morgan fingerprint density at radius 1 is 1.18 bits per heavy atom. The molecule has 28 heavy (non-hydrogen) atoms. The summed E-state index contributed by atoms with van der Waals surface area (Å²) in [5.41, 5.74) is 2.35. The summed E-state index contributed by atoms with van der Waals surface area (Å²) in [6.45, 7) is 0.445. The molecule has 3 rings (SSSR count). The number of hydrogen-bond donors (Lipinski definition) is 0. The number of aromatic nitrogens is 1. The molecule has 7 heteroatoms. The summed E-state index contributed by atoms with van der Waals surface area (Å²) >= 11 is 0. The molecule has 2 aromatic rings. The molecule has 0 spiro atoms. The highest BCUT2D eigenvalue weighted by molar-refractivity contribution is 5.92. The third-order valence-corrected chi connectivity index (χ3v) is 4.49. The molecule has 0 saturated carbocycles. The number of carbonyl (C=O) groups is 2. The normalized spacial score (nSPS) is 13.7. The first-order valence-corrected chi connectivity index (χ1v) is 9.13. The van der Waals surface area contributed by atoms with Crippen LogP contribution >= 0.6 is 0 Å². The van der Waals surface area contributed by atoms with Crippen LogP contribution in [0.2, 0.25) is 0 Å². The van der Waals surface area contributed by atoms with Crippen molar-refractivity contribution in [2.75, 3.05) is 34.5 Å². The van der Waals surface area contributed by atoms with Crippen LogP contribution in [0.25, 0.3) is 10.9 Å². The van der Waals surface area contributed by atoms with Gasteiger partial charge < -0.3 is 19.3 Å². The molecular weight excluding hydrogens is 358 g/mol. The lowest BCUT2D eigenvalue weighted by Gasteiger charge is -2.15. The van der Waals surface area contributed by atoms with E-state index in [2.05, 4.69) is 4.90 Å². The van der Waals surface area contributed by atoms with E-state index in [-0.39, 0.29) is 0 Å². The Hall–Kier alpha value is -3.06. The summed E-state index contributed by atoms with van der Waals surface area (Å²) in [5.74, 6) is -0.493. The third kappa shape index (κ3) is 4.61. The van der Waals surface area contributed by atoms with Crippen molar-refractivity contribution < 1.29 is 19.1 Å². The molecule has 2 heterocycles. The summed E-state index contributed by atoms with van der Waals surface area (Å²) < 4.78 is 11.7. The van der Waals surface area contributed by atoms with Crippen LogP contribution in [0.15, 0.2) is 54.5 Å². The zero-order valence-electron chi connectivity index (χ0n) is 16.4. The van der Waals surface area contributed by atoms with Gasteiger partial charge in [0.2, 0.25) is 6.79 Å². The standard InChI is InChI=1S/C21H25N3O4/c1-22(2)12-10-16-14-24(19-9-5-4-8-18(16)19)21(26)28-15-27-20(25)17-7-6-11-23(3)13-17/h4-6,8-9,11,13-14H,7,10,12,15H2,1-3H3. The maximum absolute atomic E-state index is 12.5. The molecule has 0 bridgehead atoms. The van der Waals surface area contributed by atoms with Gasteiger partial charge in [0, 0.05) is 37.8 Å². The second-order valence-corrected chi connectivity index (χ2v) is 6.96. The monoisotopic (exact) mass is 383 g/mol. The number of ether oxygens (including phenoxy) is 2. The predicted molar refractivity (Wildman–Crippen MR) is 107 cm³/mol. The molecule has 0 saturated heterocycles. The summed E-state index contributed by atoms with van der Waals surface area (Å²) in [4.78, 5) is 28.5. The first-order valence-electron chi connectivity index (χ1n) is 9.13. The van der Waals surface area contributed by atoms with Crippen LogP contribution in [0.5, 0.6) is 0 Å². The van der Waals surface area contributed by atoms with E-state index in [4.69, 9.17) is 9.47 Å². The van der Waals surface area contributed by atoms with E-state index >= 15 is 0 Å². The van der Waals surface area contributed by atoms with Crippen LogP contribution in [0.4, 0.5) is 4.79 Å². The Balaban J connectivity index is 1.64. The van der Waals surface area contributed by atoms with E-state index in [1.165, 1.54) is 4.57 Å². The molecule has 1 aromatic heterocycles. The number of carbonyl (C=O) groups excluding carboxylic acids is 2. The van der Waals surface area contributed by atoms with Gasteiger partial charge in [-0.25, -0.2) is 9.59 Å². The maximum Gasteiger partial charge on any atom is 0.421 e. The number of nitrogens with zero attached hydrogens (tertiary/aromatic N) is 3. The van der Waals surface area contributed by atoms with Crippen LogP contribution in [0.1, 0.15) is 12.0 Å². The van der Waals surface area contributed by atoms with E-state index in [1.54, 1.807) is 17.3 Å². The van der Waals surface area contributed by atoms with Gasteiger partial charge in [0.15, 0.2) is 0 Å². The van der Waals surface area contributed by atoms with Gasteiger partial charge in [0.05, 0.1) is 11.1 Å². The lowest BCUT2D eigenvalue weighted by atomic mass is 10.1. The fourth-order valence-corrected chi connectivity index (χ4v) is 3.06. The molecule has 1 aromatic carbocycles. The SMILES string of the molecule is CN1C=CCC(C(=O)OCOC(=O)n2cc(CCN(C)C)c3ccccc32)=C1. The van der Waals surface area contributed by atoms with E-state index in [0.29, 0.717) is 12.0 Å². The Labute approximate surface area is 164 Å². The van der Waals surface area contributed by atoms with Crippen LogP contribution in [0, 0.1) is 0 Å². The molecule has 1 aliphatic rings. The molecule has 0 fully saturated rings. The molecule has 0 N–H and O–H groups in total. The Kier molecular flexibility index (Phi) is 6.16. The van der Waals surface area contributed by atoms with Gasteiger partial charge in [-0.3, -0.25) is 4.57 Å². The molecule has 7 nitrogen and oxygen atoms in total. The highest BCUT2D eigenvalue weighted by atomic mass is 16.7. The fourth-order valence-electron chi connectivity index (χ4n) is 3.06. The Morgan fingerprint density at radius 3 is 2.71 bits per heavy atom. The average molecular weight is 383 g/mol. The fraction of sp³-hybridized carbons (Fsp3) is 0.333. The molecule has 0 radical (unpaired) electrons. The van der Waals surface area contributed by atoms with Crippen molar-refractivity contribution in [3.8, 4) is 0 Å². The predicted octanol–water partition coefficient (Wildman–Crippen LogP) is 2.96. The summed E-state index contributed by atoms with van der Waals surface area (Å²) in [5, 5.41) is 1.01. The van der Waals surface area contributed by atoms with Crippen LogP contribution in [-0.2, 0) is 20.7 Å². The minimum Gasteiger partial charge on any atom is -0.424 e. The van der Waals surface area contributed by atoms with Crippen molar-refractivity contribution in [1.29, 1.82) is 0 Å². The lowest BCUT2D eigenvalue weighted by molar-refractivity contribution is -0.147. The smallest absolute Gasteiger partial charge is 0.421 e. The van der Waals surface area contributed by atoms with Crippen LogP contribution < -0.4 is 0 Å². The molecule has 148 valence electrons. The number of para-hydroxylation sites is 1. The molecular formula is C21H25N3O4. The highest BCUT2D eigenvalue weighted by Crippen LogP contribution is 2.22. The van der Waals surface area contributed by atoms with Crippen LogP contribution in [0.3, 0.4) is 0 Å². The van der Waals surface area contributed by atoms with Gasteiger partial charge >= 0.3 is 12.1 Å². The van der Waals surface area contributed by atoms with Gasteiger partial charge in [-0.05, 0) is 38.3 Å². The first kappa shape index (κ1) is 19.7. The van der Waals surface area contributed by atoms with Crippen molar-refractivity contribution in [1.82, 2.24) is 14.4 Å². The number of rotatable bonds is 6. The Morgan fingerprint density at radius 2 is 1.96 bits per heavy atom. The molecule has 0 atom stereocenters. The van der Waals surface area contributed by atoms with Crippen molar-refractivity contribution in [2.24, 2.45) is 0 Å². The number of likely N-dealkylation sites (N-methyl/N-ethyl adjacent to an activating group) is 1. The summed E-state index contributed by atoms with van der Waals surface area (Å²) in [6, 6.07) is 7.68. The Bertz CT molecular complexity index is 927. The van der Waals surface area contributed by atoms with E-state index in [1.807, 2.05) is 57.7 Å². The van der Waals surface area contributed by atoms with Crippen molar-refractivity contribution in [3.05, 3.63) is 60.1 Å². The lowest BCUT2D eigenvalue weighted by Crippen LogP contribution is -2.19. The molecule has 1 aliphatic heterocycles. The summed E-state index contributed by atoms with van der Waals surface area (Å²) in [7, 11) is 5.85. The number of esters is 1. The van der Waals surface area contributed by atoms with E-state index < -0.39 is 18.9 Å². The quantitative estimate of drug-likeness (QED) is 0.565. The average Bonchev–Trinajstić information content (AvgIpc) is 3.05. The largest absolute Gasteiger partial charge is 0.424 e. The van der Waals surface area contributed by atoms with E-state index in [0.717, 1.165) is 29.4 Å². The first-order chi connectivity index (χ1) is 13.5. The highest BCUT2D eigenvalue weighted by Gasteiger charge is 2.17. The van der Waals surface area contributed by atoms with Gasteiger partial charge in [0.1, 0.15) is 0 Å². The number of fused-ring (bicyclic) bond motifs is 1. The van der Waals surface area contributed by atoms with Crippen LogP contribution in [-0.4, -0.2) is 60.9 Å². The van der Waals surface area contributed by atoms with Crippen molar-refractivity contribution in [3.63, 3.8) is 0 Å². The minimum absolute atomic E-state index is 0.429. The van der Waals surface area contributed by atoms with Gasteiger partial charge in [-0.1, -0.05) is 24.3 Å². The minimum atomic E-state index is -0.574. The van der Waals surface area contributed by atoms with Gasteiger partial charge in [0.25, 0.3) is 0 Å². The van der Waals surface area contributed by atoms with Crippen molar-refractivity contribution >= 4 is 23.0 Å². The topological polar surface area (TPSA) is 64.0 Å². The second kappa shape index (κ2) is 8.75.